The van der Waals surface area contributed by atoms with Crippen molar-refractivity contribution in [3.63, 3.8) is 0 Å². The molecule has 0 aliphatic rings. The van der Waals surface area contributed by atoms with Gasteiger partial charge in [0.15, 0.2) is 0 Å². The van der Waals surface area contributed by atoms with Crippen LogP contribution in [0.3, 0.4) is 0 Å². The quantitative estimate of drug-likeness (QED) is 0.573. The van der Waals surface area contributed by atoms with Gasteiger partial charge in [-0.25, -0.2) is 15.0 Å². The second-order valence-corrected chi connectivity index (χ2v) is 5.29. The lowest BCUT2D eigenvalue weighted by molar-refractivity contribution is 0.340. The zero-order chi connectivity index (χ0) is 16.4. The third kappa shape index (κ3) is 2.50. The van der Waals surface area contributed by atoms with Crippen LogP contribution >= 0.6 is 0 Å². The van der Waals surface area contributed by atoms with Crippen molar-refractivity contribution in [2.24, 2.45) is 0 Å². The Morgan fingerprint density at radius 2 is 1.67 bits per heavy atom. The maximum absolute atomic E-state index is 5.53. The van der Waals surface area contributed by atoms with Crippen molar-refractivity contribution in [2.45, 2.75) is 6.92 Å². The number of aromatic nitrogens is 4. The van der Waals surface area contributed by atoms with E-state index < -0.39 is 0 Å². The van der Waals surface area contributed by atoms with Gasteiger partial charge in [-0.1, -0.05) is 0 Å². The van der Waals surface area contributed by atoms with Crippen LogP contribution in [0.25, 0.3) is 28.2 Å². The minimum atomic E-state index is 0.607. The molecule has 0 aliphatic carbocycles. The summed E-state index contributed by atoms with van der Waals surface area (Å²) in [6.45, 7) is 2.63. The van der Waals surface area contributed by atoms with Crippen molar-refractivity contribution in [3.05, 3.63) is 67.1 Å². The normalized spacial score (nSPS) is 10.9. The van der Waals surface area contributed by atoms with E-state index in [0.717, 1.165) is 28.0 Å². The molecule has 118 valence electrons. The standard InChI is InChI=1S/C19H16N4O/c1-2-24-16-8-6-14(7-9-16)17-13-15-5-3-10-20-18(15)23(17)19-21-11-4-12-22-19/h3-13H,2H2,1H3. The Balaban J connectivity index is 1.91. The average molecular weight is 316 g/mol. The molecule has 4 rings (SSSR count). The number of hydrogen-bond acceptors (Lipinski definition) is 4. The van der Waals surface area contributed by atoms with Gasteiger partial charge in [-0.3, -0.25) is 4.57 Å². The summed E-state index contributed by atoms with van der Waals surface area (Å²) in [5, 5.41) is 1.05. The molecule has 0 bridgehead atoms. The molecule has 0 N–H and O–H groups in total. The molecule has 0 aliphatic heterocycles. The summed E-state index contributed by atoms with van der Waals surface area (Å²) in [4.78, 5) is 13.3. The van der Waals surface area contributed by atoms with Gasteiger partial charge in [0.05, 0.1) is 12.3 Å². The molecule has 0 unspecified atom stereocenters. The topological polar surface area (TPSA) is 52.8 Å². The van der Waals surface area contributed by atoms with Crippen molar-refractivity contribution < 1.29 is 4.74 Å². The molecule has 24 heavy (non-hydrogen) atoms. The maximum Gasteiger partial charge on any atom is 0.235 e. The van der Waals surface area contributed by atoms with E-state index in [1.54, 1.807) is 24.7 Å². The molecule has 3 aromatic heterocycles. The lowest BCUT2D eigenvalue weighted by atomic mass is 10.1. The number of rotatable bonds is 4. The van der Waals surface area contributed by atoms with Crippen molar-refractivity contribution in [3.8, 4) is 23.0 Å². The number of hydrogen-bond donors (Lipinski definition) is 0. The van der Waals surface area contributed by atoms with Gasteiger partial charge in [-0.05, 0) is 61.0 Å². The van der Waals surface area contributed by atoms with Gasteiger partial charge in [0.25, 0.3) is 0 Å². The van der Waals surface area contributed by atoms with Gasteiger partial charge in [-0.15, -0.1) is 0 Å². The van der Waals surface area contributed by atoms with Crippen LogP contribution in [0.1, 0.15) is 6.92 Å². The first kappa shape index (κ1) is 14.4. The van der Waals surface area contributed by atoms with Crippen LogP contribution < -0.4 is 4.74 Å². The minimum absolute atomic E-state index is 0.607. The van der Waals surface area contributed by atoms with Crippen LogP contribution in [0, 0.1) is 0 Å². The first-order valence-electron chi connectivity index (χ1n) is 7.84. The summed E-state index contributed by atoms with van der Waals surface area (Å²) in [5.41, 5.74) is 2.90. The number of benzene rings is 1. The first-order valence-corrected chi connectivity index (χ1v) is 7.84. The zero-order valence-corrected chi connectivity index (χ0v) is 13.3. The Kier molecular flexibility index (Phi) is 3.67. The molecule has 1 aromatic carbocycles. The Morgan fingerprint density at radius 1 is 0.917 bits per heavy atom. The van der Waals surface area contributed by atoms with E-state index in [1.807, 2.05) is 47.9 Å². The lowest BCUT2D eigenvalue weighted by Crippen LogP contribution is -2.02. The van der Waals surface area contributed by atoms with Crippen LogP contribution in [0.15, 0.2) is 67.1 Å². The third-order valence-electron chi connectivity index (χ3n) is 3.78. The highest BCUT2D eigenvalue weighted by atomic mass is 16.5. The summed E-state index contributed by atoms with van der Waals surface area (Å²) < 4.78 is 7.50. The molecule has 0 fully saturated rings. The fraction of sp³-hybridized carbons (Fsp3) is 0.105. The van der Waals surface area contributed by atoms with E-state index in [4.69, 9.17) is 4.74 Å². The van der Waals surface area contributed by atoms with Gasteiger partial charge in [0.2, 0.25) is 5.95 Å². The summed E-state index contributed by atoms with van der Waals surface area (Å²) >= 11 is 0. The molecule has 4 aromatic rings. The van der Waals surface area contributed by atoms with Gasteiger partial charge >= 0.3 is 0 Å². The van der Waals surface area contributed by atoms with E-state index in [2.05, 4.69) is 21.0 Å². The molecule has 0 saturated carbocycles. The van der Waals surface area contributed by atoms with E-state index in [0.29, 0.717) is 12.6 Å². The summed E-state index contributed by atoms with van der Waals surface area (Å²) in [5.74, 6) is 1.47. The highest BCUT2D eigenvalue weighted by Crippen LogP contribution is 2.30. The Labute approximate surface area is 139 Å². The average Bonchev–Trinajstić information content (AvgIpc) is 3.03. The van der Waals surface area contributed by atoms with E-state index >= 15 is 0 Å². The monoisotopic (exact) mass is 316 g/mol. The number of pyridine rings is 1. The number of nitrogens with zero attached hydrogens (tertiary/aromatic N) is 4. The van der Waals surface area contributed by atoms with Gasteiger partial charge in [-0.2, -0.15) is 0 Å². The molecule has 0 spiro atoms. The summed E-state index contributed by atoms with van der Waals surface area (Å²) in [6.07, 6.45) is 5.25. The Hall–Kier alpha value is -3.21. The third-order valence-corrected chi connectivity index (χ3v) is 3.78. The first-order chi connectivity index (χ1) is 11.9. The van der Waals surface area contributed by atoms with Crippen molar-refractivity contribution >= 4 is 11.0 Å². The minimum Gasteiger partial charge on any atom is -0.494 e. The zero-order valence-electron chi connectivity index (χ0n) is 13.3. The molecule has 5 nitrogen and oxygen atoms in total. The Bertz CT molecular complexity index is 962. The Morgan fingerprint density at radius 3 is 2.42 bits per heavy atom. The molecule has 0 radical (unpaired) electrons. The fourth-order valence-corrected chi connectivity index (χ4v) is 2.75. The van der Waals surface area contributed by atoms with Crippen LogP contribution in [-0.2, 0) is 0 Å². The molecular formula is C19H16N4O. The van der Waals surface area contributed by atoms with Crippen molar-refractivity contribution in [1.82, 2.24) is 19.5 Å². The number of fused-ring (bicyclic) bond motifs is 1. The van der Waals surface area contributed by atoms with Crippen LogP contribution in [0.4, 0.5) is 0 Å². The molecule has 3 heterocycles. The van der Waals surface area contributed by atoms with E-state index in [9.17, 15) is 0 Å². The smallest absolute Gasteiger partial charge is 0.235 e. The highest BCUT2D eigenvalue weighted by molar-refractivity contribution is 5.85. The second kappa shape index (κ2) is 6.12. The lowest BCUT2D eigenvalue weighted by Gasteiger charge is -2.09. The van der Waals surface area contributed by atoms with E-state index in [1.165, 1.54) is 0 Å². The van der Waals surface area contributed by atoms with Gasteiger partial charge in [0, 0.05) is 24.0 Å². The maximum atomic E-state index is 5.53. The summed E-state index contributed by atoms with van der Waals surface area (Å²) in [6, 6.07) is 15.9. The fourth-order valence-electron chi connectivity index (χ4n) is 2.75. The molecule has 0 saturated heterocycles. The van der Waals surface area contributed by atoms with Gasteiger partial charge in [0.1, 0.15) is 11.4 Å². The van der Waals surface area contributed by atoms with Crippen LogP contribution in [-0.4, -0.2) is 26.1 Å². The highest BCUT2D eigenvalue weighted by Gasteiger charge is 2.14. The molecule has 0 amide bonds. The van der Waals surface area contributed by atoms with E-state index in [-0.39, 0.29) is 0 Å². The molecular weight excluding hydrogens is 300 g/mol. The SMILES string of the molecule is CCOc1ccc(-c2cc3cccnc3n2-c2ncccn2)cc1. The van der Waals surface area contributed by atoms with Crippen LogP contribution in [0.5, 0.6) is 5.75 Å². The number of ether oxygens (including phenoxy) is 1. The van der Waals surface area contributed by atoms with Crippen LogP contribution in [0.2, 0.25) is 0 Å². The van der Waals surface area contributed by atoms with Crippen molar-refractivity contribution in [2.75, 3.05) is 6.61 Å². The van der Waals surface area contributed by atoms with Gasteiger partial charge < -0.3 is 4.74 Å². The summed E-state index contributed by atoms with van der Waals surface area (Å²) in [7, 11) is 0. The predicted octanol–water partition coefficient (Wildman–Crippen LogP) is 3.88. The second-order valence-electron chi connectivity index (χ2n) is 5.29. The molecule has 5 heteroatoms. The largest absolute Gasteiger partial charge is 0.494 e. The predicted molar refractivity (Wildman–Crippen MR) is 93.3 cm³/mol. The molecule has 0 atom stereocenters. The van der Waals surface area contributed by atoms with Crippen molar-refractivity contribution in [1.29, 1.82) is 0 Å².